The van der Waals surface area contributed by atoms with Gasteiger partial charge in [0.05, 0.1) is 11.3 Å². The van der Waals surface area contributed by atoms with E-state index in [-0.39, 0.29) is 28.4 Å². The number of carbonyl (C=O) groups excluding carboxylic acids is 2. The van der Waals surface area contributed by atoms with Crippen LogP contribution in [0.4, 0.5) is 10.5 Å². The van der Waals surface area contributed by atoms with E-state index >= 15 is 0 Å². The largest absolute Gasteiger partial charge is 0.465 e. The third-order valence-electron chi connectivity index (χ3n) is 3.19. The first-order valence-electron chi connectivity index (χ1n) is 5.91. The Morgan fingerprint density at radius 1 is 0.850 bits per heavy atom. The average molecular weight is 267 g/mol. The Labute approximate surface area is 113 Å². The highest BCUT2D eigenvalue weighted by atomic mass is 16.4. The van der Waals surface area contributed by atoms with Crippen LogP contribution in [0.5, 0.6) is 0 Å². The number of hydrogen-bond donors (Lipinski definition) is 2. The molecule has 5 nitrogen and oxygen atoms in total. The summed E-state index contributed by atoms with van der Waals surface area (Å²) in [6.45, 7) is 0. The quantitative estimate of drug-likeness (QED) is 0.709. The Balaban J connectivity index is 2.25. The Morgan fingerprint density at radius 2 is 1.45 bits per heavy atom. The van der Waals surface area contributed by atoms with Crippen LogP contribution in [0.2, 0.25) is 0 Å². The van der Waals surface area contributed by atoms with E-state index in [1.54, 1.807) is 30.3 Å². The van der Waals surface area contributed by atoms with Crippen molar-refractivity contribution in [2.75, 3.05) is 5.32 Å². The minimum Gasteiger partial charge on any atom is -0.465 e. The SMILES string of the molecule is O=C(O)Nc1cccc2c1C(=O)c1ccccc1C2=O. The normalized spacial score (nSPS) is 12.6. The second-order valence-electron chi connectivity index (χ2n) is 4.36. The molecule has 1 aliphatic rings. The molecule has 0 saturated carbocycles. The summed E-state index contributed by atoms with van der Waals surface area (Å²) in [7, 11) is 0. The summed E-state index contributed by atoms with van der Waals surface area (Å²) in [5.74, 6) is -0.621. The van der Waals surface area contributed by atoms with Crippen LogP contribution < -0.4 is 5.32 Å². The molecule has 2 aromatic carbocycles. The number of hydrogen-bond acceptors (Lipinski definition) is 3. The van der Waals surface area contributed by atoms with Gasteiger partial charge in [0.1, 0.15) is 0 Å². The lowest BCUT2D eigenvalue weighted by Gasteiger charge is -2.19. The van der Waals surface area contributed by atoms with Gasteiger partial charge in [0, 0.05) is 16.7 Å². The van der Waals surface area contributed by atoms with Crippen LogP contribution in [0.15, 0.2) is 42.5 Å². The average Bonchev–Trinajstić information content (AvgIpc) is 2.44. The number of carboxylic acid groups (broad SMARTS) is 1. The third-order valence-corrected chi connectivity index (χ3v) is 3.19. The molecule has 0 spiro atoms. The number of fused-ring (bicyclic) bond motifs is 2. The van der Waals surface area contributed by atoms with Gasteiger partial charge in [-0.25, -0.2) is 4.79 Å². The van der Waals surface area contributed by atoms with Crippen molar-refractivity contribution >= 4 is 23.3 Å². The lowest BCUT2D eigenvalue weighted by atomic mass is 9.83. The zero-order valence-corrected chi connectivity index (χ0v) is 10.2. The van der Waals surface area contributed by atoms with Crippen LogP contribution in [0.1, 0.15) is 31.8 Å². The van der Waals surface area contributed by atoms with Crippen LogP contribution in [0, 0.1) is 0 Å². The van der Waals surface area contributed by atoms with Gasteiger partial charge in [0.25, 0.3) is 0 Å². The van der Waals surface area contributed by atoms with Gasteiger partial charge in [0.2, 0.25) is 0 Å². The van der Waals surface area contributed by atoms with Crippen LogP contribution in [-0.4, -0.2) is 22.8 Å². The summed E-state index contributed by atoms with van der Waals surface area (Å²) >= 11 is 0. The van der Waals surface area contributed by atoms with Crippen LogP contribution >= 0.6 is 0 Å². The van der Waals surface area contributed by atoms with E-state index < -0.39 is 6.09 Å². The molecule has 5 heteroatoms. The fourth-order valence-corrected chi connectivity index (χ4v) is 2.36. The molecule has 0 aliphatic heterocycles. The molecule has 0 fully saturated rings. The predicted octanol–water partition coefficient (Wildman–Crippen LogP) is 2.55. The first-order chi connectivity index (χ1) is 9.59. The first-order valence-corrected chi connectivity index (χ1v) is 5.91. The number of rotatable bonds is 1. The van der Waals surface area contributed by atoms with Gasteiger partial charge in [-0.1, -0.05) is 36.4 Å². The highest BCUT2D eigenvalue weighted by Crippen LogP contribution is 2.31. The molecule has 2 N–H and O–H groups in total. The molecular formula is C15H9NO4. The summed E-state index contributed by atoms with van der Waals surface area (Å²) in [6.07, 6.45) is -1.28. The van der Waals surface area contributed by atoms with E-state index in [2.05, 4.69) is 5.32 Å². The molecular weight excluding hydrogens is 258 g/mol. The van der Waals surface area contributed by atoms with Crippen molar-refractivity contribution in [3.05, 3.63) is 64.7 Å². The minimum atomic E-state index is -1.28. The Kier molecular flexibility index (Phi) is 2.61. The van der Waals surface area contributed by atoms with Crippen molar-refractivity contribution in [1.82, 2.24) is 0 Å². The fraction of sp³-hybridized carbons (Fsp3) is 0. The fourth-order valence-electron chi connectivity index (χ4n) is 2.36. The molecule has 0 saturated heterocycles. The van der Waals surface area contributed by atoms with Crippen LogP contribution in [0.3, 0.4) is 0 Å². The number of benzene rings is 2. The number of ketones is 2. The molecule has 98 valence electrons. The third kappa shape index (κ3) is 1.68. The summed E-state index contributed by atoms with van der Waals surface area (Å²) in [6, 6.07) is 11.1. The van der Waals surface area contributed by atoms with Crippen molar-refractivity contribution in [1.29, 1.82) is 0 Å². The molecule has 0 atom stereocenters. The maximum Gasteiger partial charge on any atom is 0.409 e. The molecule has 0 radical (unpaired) electrons. The van der Waals surface area contributed by atoms with Crippen molar-refractivity contribution in [3.63, 3.8) is 0 Å². The van der Waals surface area contributed by atoms with Gasteiger partial charge in [-0.05, 0) is 6.07 Å². The maximum atomic E-state index is 12.5. The van der Waals surface area contributed by atoms with E-state index in [1.807, 2.05) is 0 Å². The zero-order chi connectivity index (χ0) is 14.3. The Bertz CT molecular complexity index is 764. The standard InChI is InChI=1S/C15H9NO4/c17-13-8-4-1-2-5-9(8)14(18)12-10(13)6-3-7-11(12)16-15(19)20/h1-7,16H,(H,19,20). The monoisotopic (exact) mass is 267 g/mol. The van der Waals surface area contributed by atoms with E-state index in [0.29, 0.717) is 11.1 Å². The van der Waals surface area contributed by atoms with Crippen molar-refractivity contribution in [3.8, 4) is 0 Å². The molecule has 20 heavy (non-hydrogen) atoms. The summed E-state index contributed by atoms with van der Waals surface area (Å²) in [5, 5.41) is 11.0. The van der Waals surface area contributed by atoms with Crippen molar-refractivity contribution in [2.45, 2.75) is 0 Å². The molecule has 0 bridgehead atoms. The number of nitrogens with one attached hydrogen (secondary N) is 1. The van der Waals surface area contributed by atoms with Gasteiger partial charge in [-0.2, -0.15) is 0 Å². The van der Waals surface area contributed by atoms with E-state index in [9.17, 15) is 14.4 Å². The highest BCUT2D eigenvalue weighted by Gasteiger charge is 2.31. The van der Waals surface area contributed by atoms with Gasteiger partial charge in [-0.3, -0.25) is 14.9 Å². The Morgan fingerprint density at radius 3 is 2.10 bits per heavy atom. The van der Waals surface area contributed by atoms with Crippen LogP contribution in [0.25, 0.3) is 0 Å². The molecule has 0 unspecified atom stereocenters. The summed E-state index contributed by atoms with van der Waals surface area (Å²) in [5.41, 5.74) is 1.10. The second-order valence-corrected chi connectivity index (χ2v) is 4.36. The zero-order valence-electron chi connectivity index (χ0n) is 10.2. The predicted molar refractivity (Wildman–Crippen MR) is 71.4 cm³/mol. The van der Waals surface area contributed by atoms with Crippen LogP contribution in [-0.2, 0) is 0 Å². The minimum absolute atomic E-state index is 0.110. The molecule has 1 aliphatic carbocycles. The van der Waals surface area contributed by atoms with Gasteiger partial charge < -0.3 is 5.11 Å². The van der Waals surface area contributed by atoms with Crippen molar-refractivity contribution in [2.24, 2.45) is 0 Å². The summed E-state index contributed by atoms with van der Waals surface area (Å²) in [4.78, 5) is 35.6. The van der Waals surface area contributed by atoms with Gasteiger partial charge in [0.15, 0.2) is 11.6 Å². The lowest BCUT2D eigenvalue weighted by Crippen LogP contribution is -2.23. The number of anilines is 1. The van der Waals surface area contributed by atoms with Gasteiger partial charge in [-0.15, -0.1) is 0 Å². The van der Waals surface area contributed by atoms with E-state index in [1.165, 1.54) is 12.1 Å². The molecule has 0 heterocycles. The molecule has 0 aromatic heterocycles. The smallest absolute Gasteiger partial charge is 0.409 e. The second kappa shape index (κ2) is 4.31. The number of carbonyl (C=O) groups is 3. The van der Waals surface area contributed by atoms with Crippen molar-refractivity contribution < 1.29 is 19.5 Å². The van der Waals surface area contributed by atoms with Gasteiger partial charge >= 0.3 is 6.09 Å². The maximum absolute atomic E-state index is 12.5. The lowest BCUT2D eigenvalue weighted by molar-refractivity contribution is 0.0979. The van der Waals surface area contributed by atoms with E-state index in [0.717, 1.165) is 0 Å². The molecule has 3 rings (SSSR count). The van der Waals surface area contributed by atoms with E-state index in [4.69, 9.17) is 5.11 Å². The Hall–Kier alpha value is -2.95. The topological polar surface area (TPSA) is 83.5 Å². The molecule has 1 amide bonds. The molecule has 2 aromatic rings. The highest BCUT2D eigenvalue weighted by molar-refractivity contribution is 6.30. The number of amides is 1. The summed E-state index contributed by atoms with van der Waals surface area (Å²) < 4.78 is 0. The first kappa shape index (κ1) is 12.1.